The molecule has 4 aliphatic rings. The van der Waals surface area contributed by atoms with E-state index >= 15 is 0 Å². The maximum absolute atomic E-state index is 13.2. The van der Waals surface area contributed by atoms with Crippen LogP contribution >= 0.6 is 0 Å². The van der Waals surface area contributed by atoms with E-state index in [2.05, 4.69) is 34.6 Å². The number of carbonyl (C=O) groups excluding carboxylic acids is 1. The molecule has 1 unspecified atom stereocenters. The molecule has 154 valence electrons. The Balaban J connectivity index is 1.60. The van der Waals surface area contributed by atoms with Crippen molar-refractivity contribution in [3.63, 3.8) is 0 Å². The molecule has 0 aliphatic heterocycles. The second kappa shape index (κ2) is 6.85. The topological polar surface area (TPSA) is 37.3 Å². The Morgan fingerprint density at radius 2 is 1.70 bits per heavy atom. The van der Waals surface area contributed by atoms with Crippen LogP contribution in [0, 0.1) is 52.3 Å². The van der Waals surface area contributed by atoms with Crippen LogP contribution in [0.15, 0.2) is 0 Å². The van der Waals surface area contributed by atoms with Gasteiger partial charge >= 0.3 is 0 Å². The first-order chi connectivity index (χ1) is 12.7. The molecule has 0 radical (unpaired) electrons. The summed E-state index contributed by atoms with van der Waals surface area (Å²) in [4.78, 5) is 13.2. The van der Waals surface area contributed by atoms with E-state index in [9.17, 15) is 9.90 Å². The van der Waals surface area contributed by atoms with Crippen molar-refractivity contribution in [2.75, 3.05) is 0 Å². The lowest BCUT2D eigenvalue weighted by atomic mass is 9.44. The van der Waals surface area contributed by atoms with E-state index in [1.165, 1.54) is 32.1 Å². The minimum Gasteiger partial charge on any atom is -0.393 e. The highest BCUT2D eigenvalue weighted by molar-refractivity contribution is 5.83. The largest absolute Gasteiger partial charge is 0.393 e. The van der Waals surface area contributed by atoms with Crippen LogP contribution < -0.4 is 0 Å². The molecule has 2 nitrogen and oxygen atoms in total. The van der Waals surface area contributed by atoms with Crippen LogP contribution in [-0.2, 0) is 4.79 Å². The number of Topliss-reactive ketones (excluding diaryl/α,β-unsaturated/α-hetero) is 1. The molecule has 0 aromatic rings. The molecule has 0 bridgehead atoms. The summed E-state index contributed by atoms with van der Waals surface area (Å²) < 4.78 is 0. The fourth-order valence-electron chi connectivity index (χ4n) is 9.03. The first-order valence-electron chi connectivity index (χ1n) is 11.9. The van der Waals surface area contributed by atoms with Crippen molar-refractivity contribution in [3.8, 4) is 0 Å². The summed E-state index contributed by atoms with van der Waals surface area (Å²) in [5, 5.41) is 10.4. The van der Waals surface area contributed by atoms with Gasteiger partial charge in [-0.1, -0.05) is 34.6 Å². The molecule has 27 heavy (non-hydrogen) atoms. The summed E-state index contributed by atoms with van der Waals surface area (Å²) in [6, 6.07) is 0. The summed E-state index contributed by atoms with van der Waals surface area (Å²) in [7, 11) is 0. The molecule has 4 aliphatic carbocycles. The zero-order valence-electron chi connectivity index (χ0n) is 18.3. The van der Waals surface area contributed by atoms with Crippen molar-refractivity contribution in [2.45, 2.75) is 98.5 Å². The van der Waals surface area contributed by atoms with E-state index in [-0.39, 0.29) is 17.4 Å². The minimum absolute atomic E-state index is 0.0562. The molecule has 0 amide bonds. The molecule has 0 saturated heterocycles. The van der Waals surface area contributed by atoms with Crippen LogP contribution in [0.4, 0.5) is 0 Å². The average molecular weight is 375 g/mol. The standard InChI is InChI=1S/C25H42O2/c1-15(2)12-16(3)19-8-9-20-18-13-23(27)22-7-6-17(26)14-25(22,5)21(18)10-11-24(19,20)4/h15-22,26H,6-14H2,1-5H3/t16?,17-,18-,19+,20-,21-,22+,24+,25+/m0/s1. The van der Waals surface area contributed by atoms with Gasteiger partial charge in [-0.3, -0.25) is 4.79 Å². The van der Waals surface area contributed by atoms with Crippen molar-refractivity contribution in [1.29, 1.82) is 0 Å². The number of hydrogen-bond donors (Lipinski definition) is 1. The Hall–Kier alpha value is -0.370. The van der Waals surface area contributed by atoms with Gasteiger partial charge in [0, 0.05) is 12.3 Å². The van der Waals surface area contributed by atoms with E-state index in [0.29, 0.717) is 23.0 Å². The average Bonchev–Trinajstić information content (AvgIpc) is 2.91. The first kappa shape index (κ1) is 19.9. The van der Waals surface area contributed by atoms with Crippen LogP contribution in [0.5, 0.6) is 0 Å². The SMILES string of the molecule is CC(C)CC(C)[C@H]1CC[C@H]2[C@@H]3CC(=O)[C@H]4CC[C@H](O)C[C@]4(C)[C@H]3CC[C@]12C. The Morgan fingerprint density at radius 1 is 1.00 bits per heavy atom. The zero-order valence-corrected chi connectivity index (χ0v) is 18.3. The van der Waals surface area contributed by atoms with Crippen LogP contribution in [0.25, 0.3) is 0 Å². The van der Waals surface area contributed by atoms with Gasteiger partial charge in [-0.25, -0.2) is 0 Å². The fourth-order valence-corrected chi connectivity index (χ4v) is 9.03. The smallest absolute Gasteiger partial charge is 0.136 e. The number of aliphatic hydroxyl groups is 1. The summed E-state index contributed by atoms with van der Waals surface area (Å²) in [5.74, 6) is 5.15. The van der Waals surface area contributed by atoms with Gasteiger partial charge in [-0.2, -0.15) is 0 Å². The predicted octanol–water partition coefficient (Wildman–Crippen LogP) is 5.87. The Labute approximate surface area is 166 Å². The molecule has 0 spiro atoms. The quantitative estimate of drug-likeness (QED) is 0.671. The Bertz CT molecular complexity index is 583. The van der Waals surface area contributed by atoms with Crippen molar-refractivity contribution in [2.24, 2.45) is 52.3 Å². The lowest BCUT2D eigenvalue weighted by molar-refractivity contribution is -0.160. The second-order valence-electron chi connectivity index (χ2n) is 11.9. The van der Waals surface area contributed by atoms with E-state index in [1.54, 1.807) is 0 Å². The first-order valence-corrected chi connectivity index (χ1v) is 11.9. The van der Waals surface area contributed by atoms with E-state index in [1.807, 2.05) is 0 Å². The molecule has 0 aromatic heterocycles. The van der Waals surface area contributed by atoms with Gasteiger partial charge < -0.3 is 5.11 Å². The fraction of sp³-hybridized carbons (Fsp3) is 0.960. The monoisotopic (exact) mass is 374 g/mol. The van der Waals surface area contributed by atoms with Crippen LogP contribution in [-0.4, -0.2) is 17.0 Å². The van der Waals surface area contributed by atoms with Gasteiger partial charge in [0.05, 0.1) is 6.10 Å². The number of ketones is 1. The molecule has 9 atom stereocenters. The molecular weight excluding hydrogens is 332 g/mol. The summed E-state index contributed by atoms with van der Waals surface area (Å²) in [5.41, 5.74) is 0.493. The third-order valence-corrected chi connectivity index (χ3v) is 9.97. The maximum Gasteiger partial charge on any atom is 0.136 e. The van der Waals surface area contributed by atoms with Gasteiger partial charge in [0.15, 0.2) is 0 Å². The van der Waals surface area contributed by atoms with Crippen molar-refractivity contribution < 1.29 is 9.90 Å². The number of hydrogen-bond acceptors (Lipinski definition) is 2. The maximum atomic E-state index is 13.2. The Morgan fingerprint density at radius 3 is 2.41 bits per heavy atom. The zero-order chi connectivity index (χ0) is 19.6. The van der Waals surface area contributed by atoms with Crippen molar-refractivity contribution in [3.05, 3.63) is 0 Å². The van der Waals surface area contributed by atoms with Gasteiger partial charge in [0.25, 0.3) is 0 Å². The predicted molar refractivity (Wildman–Crippen MR) is 110 cm³/mol. The van der Waals surface area contributed by atoms with Crippen LogP contribution in [0.2, 0.25) is 0 Å². The second-order valence-corrected chi connectivity index (χ2v) is 11.9. The van der Waals surface area contributed by atoms with Gasteiger partial charge in [0.2, 0.25) is 0 Å². The highest BCUT2D eigenvalue weighted by Crippen LogP contribution is 2.67. The Kier molecular flexibility index (Phi) is 5.06. The molecule has 0 heterocycles. The number of carbonyl (C=O) groups is 1. The third-order valence-electron chi connectivity index (χ3n) is 9.97. The van der Waals surface area contributed by atoms with Crippen molar-refractivity contribution >= 4 is 5.78 Å². The van der Waals surface area contributed by atoms with E-state index in [4.69, 9.17) is 0 Å². The molecule has 4 fully saturated rings. The van der Waals surface area contributed by atoms with E-state index in [0.717, 1.165) is 49.4 Å². The van der Waals surface area contributed by atoms with Crippen LogP contribution in [0.1, 0.15) is 92.4 Å². The summed E-state index contributed by atoms with van der Waals surface area (Å²) >= 11 is 0. The molecule has 1 N–H and O–H groups in total. The molecule has 0 aromatic carbocycles. The number of aliphatic hydroxyl groups excluding tert-OH is 1. The van der Waals surface area contributed by atoms with Crippen molar-refractivity contribution in [1.82, 2.24) is 0 Å². The number of rotatable bonds is 3. The van der Waals surface area contributed by atoms with Gasteiger partial charge in [-0.15, -0.1) is 0 Å². The molecule has 2 heteroatoms. The minimum atomic E-state index is -0.187. The number of fused-ring (bicyclic) bond motifs is 5. The van der Waals surface area contributed by atoms with E-state index < -0.39 is 0 Å². The third kappa shape index (κ3) is 3.04. The van der Waals surface area contributed by atoms with Gasteiger partial charge in [0.1, 0.15) is 5.78 Å². The van der Waals surface area contributed by atoms with Gasteiger partial charge in [-0.05, 0) is 97.7 Å². The highest BCUT2D eigenvalue weighted by atomic mass is 16.3. The summed E-state index contributed by atoms with van der Waals surface area (Å²) in [6.07, 6.45) is 9.95. The normalized spacial score (nSPS) is 50.9. The summed E-state index contributed by atoms with van der Waals surface area (Å²) in [6.45, 7) is 12.2. The molecule has 4 rings (SSSR count). The molecule has 4 saturated carbocycles. The lowest BCUT2D eigenvalue weighted by Gasteiger charge is -2.60. The highest BCUT2D eigenvalue weighted by Gasteiger charge is 2.62. The van der Waals surface area contributed by atoms with Crippen LogP contribution in [0.3, 0.4) is 0 Å². The molecular formula is C25H42O2. The lowest BCUT2D eigenvalue weighted by Crippen LogP contribution is -2.57.